The Kier molecular flexibility index (Phi) is 6.01. The predicted molar refractivity (Wildman–Crippen MR) is 207 cm³/mol. The Hall–Kier alpha value is -5.86. The van der Waals surface area contributed by atoms with Gasteiger partial charge >= 0.3 is 0 Å². The highest BCUT2D eigenvalue weighted by Gasteiger charge is 2.41. The minimum Gasteiger partial charge on any atom is -0.453 e. The lowest BCUT2D eigenvalue weighted by Crippen LogP contribution is -2.20. The lowest BCUT2D eigenvalue weighted by atomic mass is 9.82. The second kappa shape index (κ2) is 10.3. The zero-order valence-electron chi connectivity index (χ0n) is 28.8. The zero-order chi connectivity index (χ0) is 33.8. The van der Waals surface area contributed by atoms with E-state index in [0.717, 1.165) is 28.6 Å². The van der Waals surface area contributed by atoms with Gasteiger partial charge in [-0.05, 0) is 109 Å². The molecule has 0 saturated carbocycles. The molecule has 0 radical (unpaired) electrons. The standard InChI is InChI=1S/C48H37NO/c1-47(2)39-21-13-11-19-35(39)37-26-43-45(28-41(37)47)50-46-29-42-38(36-20-12-14-22-40(36)48(42,3)4)27-44(46)49(43)34-24-32(30-15-7-5-8-16-30)23-33(25-34)31-17-9-6-10-18-31/h5-29H,1-4H3. The molecular weight excluding hydrogens is 607 g/mol. The van der Waals surface area contributed by atoms with Gasteiger partial charge in [-0.3, -0.25) is 0 Å². The van der Waals surface area contributed by atoms with E-state index in [1.54, 1.807) is 0 Å². The van der Waals surface area contributed by atoms with Crippen molar-refractivity contribution in [1.82, 2.24) is 0 Å². The molecule has 0 bridgehead atoms. The molecule has 2 nitrogen and oxygen atoms in total. The average Bonchev–Trinajstić information content (AvgIpc) is 3.51. The van der Waals surface area contributed by atoms with Crippen LogP contribution < -0.4 is 9.64 Å². The van der Waals surface area contributed by atoms with Gasteiger partial charge in [0.05, 0.1) is 11.4 Å². The van der Waals surface area contributed by atoms with Crippen LogP contribution in [0.4, 0.5) is 17.1 Å². The van der Waals surface area contributed by atoms with E-state index in [-0.39, 0.29) is 10.8 Å². The van der Waals surface area contributed by atoms with Gasteiger partial charge in [-0.25, -0.2) is 0 Å². The van der Waals surface area contributed by atoms with Crippen molar-refractivity contribution in [2.24, 2.45) is 0 Å². The molecule has 0 N–H and O–H groups in total. The number of nitrogens with zero attached hydrogens (tertiary/aromatic N) is 1. The molecule has 7 aromatic carbocycles. The van der Waals surface area contributed by atoms with Crippen molar-refractivity contribution in [3.63, 3.8) is 0 Å². The lowest BCUT2D eigenvalue weighted by molar-refractivity contribution is 0.473. The smallest absolute Gasteiger partial charge is 0.151 e. The van der Waals surface area contributed by atoms with Crippen molar-refractivity contribution in [2.45, 2.75) is 38.5 Å². The molecule has 2 aliphatic carbocycles. The number of fused-ring (bicyclic) bond motifs is 8. The molecule has 0 spiro atoms. The van der Waals surface area contributed by atoms with Gasteiger partial charge in [0.1, 0.15) is 0 Å². The Morgan fingerprint density at radius 3 is 1.26 bits per heavy atom. The number of ether oxygens (including phenoxy) is 1. The Bertz CT molecular complexity index is 2340. The maximum atomic E-state index is 7.05. The van der Waals surface area contributed by atoms with Crippen LogP contribution in [0.1, 0.15) is 49.9 Å². The largest absolute Gasteiger partial charge is 0.453 e. The molecule has 0 aromatic heterocycles. The number of rotatable bonds is 3. The SMILES string of the molecule is CC1(C)c2ccccc2-c2cc3c(cc21)Oc1cc2c(cc1N3c1cc(-c3ccccc3)cc(-c3ccccc3)c1)-c1ccccc1C2(C)C. The van der Waals surface area contributed by atoms with Crippen LogP contribution in [0.3, 0.4) is 0 Å². The van der Waals surface area contributed by atoms with Crippen LogP contribution in [0.15, 0.2) is 152 Å². The first kappa shape index (κ1) is 29.1. The van der Waals surface area contributed by atoms with Crippen LogP contribution in [-0.4, -0.2) is 0 Å². The minimum atomic E-state index is -0.134. The summed E-state index contributed by atoms with van der Waals surface area (Å²) in [5.74, 6) is 1.77. The van der Waals surface area contributed by atoms with Gasteiger partial charge < -0.3 is 9.64 Å². The third-order valence-corrected chi connectivity index (χ3v) is 11.4. The lowest BCUT2D eigenvalue weighted by Gasteiger charge is -2.35. The molecule has 10 rings (SSSR count). The predicted octanol–water partition coefficient (Wildman–Crippen LogP) is 13.2. The van der Waals surface area contributed by atoms with E-state index >= 15 is 0 Å². The maximum Gasteiger partial charge on any atom is 0.151 e. The fraction of sp³-hybridized carbons (Fsp3) is 0.125. The molecule has 0 amide bonds. The average molecular weight is 644 g/mol. The van der Waals surface area contributed by atoms with Gasteiger partial charge in [0, 0.05) is 16.5 Å². The molecule has 0 fully saturated rings. The molecule has 1 aliphatic heterocycles. The van der Waals surface area contributed by atoms with Crippen molar-refractivity contribution in [3.8, 4) is 56.0 Å². The van der Waals surface area contributed by atoms with Crippen LogP contribution in [0.5, 0.6) is 11.5 Å². The van der Waals surface area contributed by atoms with Crippen LogP contribution in [0.2, 0.25) is 0 Å². The van der Waals surface area contributed by atoms with E-state index in [1.165, 1.54) is 66.8 Å². The number of hydrogen-bond donors (Lipinski definition) is 0. The van der Waals surface area contributed by atoms with Crippen LogP contribution in [0.25, 0.3) is 44.5 Å². The normalized spacial score (nSPS) is 15.2. The number of hydrogen-bond acceptors (Lipinski definition) is 2. The summed E-state index contributed by atoms with van der Waals surface area (Å²) in [5, 5.41) is 0. The summed E-state index contributed by atoms with van der Waals surface area (Å²) in [6, 6.07) is 55.6. The molecule has 0 atom stereocenters. The quantitative estimate of drug-likeness (QED) is 0.190. The summed E-state index contributed by atoms with van der Waals surface area (Å²) in [5.41, 5.74) is 18.1. The van der Waals surface area contributed by atoms with Crippen molar-refractivity contribution in [3.05, 3.63) is 174 Å². The van der Waals surface area contributed by atoms with Crippen LogP contribution in [0, 0.1) is 0 Å². The van der Waals surface area contributed by atoms with Crippen molar-refractivity contribution >= 4 is 17.1 Å². The van der Waals surface area contributed by atoms with Crippen LogP contribution >= 0.6 is 0 Å². The second-order valence-corrected chi connectivity index (χ2v) is 15.0. The Morgan fingerprint density at radius 1 is 0.380 bits per heavy atom. The fourth-order valence-corrected chi connectivity index (χ4v) is 8.81. The second-order valence-electron chi connectivity index (χ2n) is 15.0. The summed E-state index contributed by atoms with van der Waals surface area (Å²) in [4.78, 5) is 2.45. The molecule has 0 saturated heterocycles. The highest BCUT2D eigenvalue weighted by atomic mass is 16.5. The van der Waals surface area contributed by atoms with Gasteiger partial charge in [0.25, 0.3) is 0 Å². The highest BCUT2D eigenvalue weighted by molar-refractivity contribution is 5.96. The molecule has 7 aromatic rings. The zero-order valence-corrected chi connectivity index (χ0v) is 28.8. The monoisotopic (exact) mass is 643 g/mol. The van der Waals surface area contributed by atoms with Crippen molar-refractivity contribution in [1.29, 1.82) is 0 Å². The minimum absolute atomic E-state index is 0.134. The van der Waals surface area contributed by atoms with Gasteiger partial charge in [0.2, 0.25) is 0 Å². The van der Waals surface area contributed by atoms with E-state index in [9.17, 15) is 0 Å². The van der Waals surface area contributed by atoms with Gasteiger partial charge in [0.15, 0.2) is 11.5 Å². The Balaban J connectivity index is 1.27. The molecule has 0 unspecified atom stereocenters. The van der Waals surface area contributed by atoms with E-state index in [0.29, 0.717) is 0 Å². The van der Waals surface area contributed by atoms with E-state index < -0.39 is 0 Å². The van der Waals surface area contributed by atoms with E-state index in [2.05, 4.69) is 184 Å². The first-order valence-corrected chi connectivity index (χ1v) is 17.6. The molecule has 50 heavy (non-hydrogen) atoms. The van der Waals surface area contributed by atoms with E-state index in [1.807, 2.05) is 0 Å². The van der Waals surface area contributed by atoms with E-state index in [4.69, 9.17) is 4.74 Å². The van der Waals surface area contributed by atoms with Gasteiger partial charge in [-0.2, -0.15) is 0 Å². The summed E-state index contributed by atoms with van der Waals surface area (Å²) in [6.45, 7) is 9.34. The highest BCUT2D eigenvalue weighted by Crippen LogP contribution is 2.60. The summed E-state index contributed by atoms with van der Waals surface area (Å²) < 4.78 is 7.05. The van der Waals surface area contributed by atoms with Crippen molar-refractivity contribution < 1.29 is 4.74 Å². The maximum absolute atomic E-state index is 7.05. The van der Waals surface area contributed by atoms with Gasteiger partial charge in [-0.15, -0.1) is 0 Å². The summed E-state index contributed by atoms with van der Waals surface area (Å²) in [6.07, 6.45) is 0. The third-order valence-electron chi connectivity index (χ3n) is 11.4. The fourth-order valence-electron chi connectivity index (χ4n) is 8.81. The molecule has 3 aliphatic rings. The van der Waals surface area contributed by atoms with Crippen molar-refractivity contribution in [2.75, 3.05) is 4.90 Å². The Morgan fingerprint density at radius 2 is 0.800 bits per heavy atom. The molecule has 240 valence electrons. The summed E-state index contributed by atoms with van der Waals surface area (Å²) in [7, 11) is 0. The first-order valence-electron chi connectivity index (χ1n) is 17.6. The number of benzene rings is 7. The topological polar surface area (TPSA) is 12.5 Å². The van der Waals surface area contributed by atoms with Crippen LogP contribution in [-0.2, 0) is 10.8 Å². The molecule has 1 heterocycles. The number of anilines is 3. The summed E-state index contributed by atoms with van der Waals surface area (Å²) >= 11 is 0. The molecule has 2 heteroatoms. The first-order chi connectivity index (χ1) is 24.3. The van der Waals surface area contributed by atoms with Gasteiger partial charge in [-0.1, -0.05) is 137 Å². The molecular formula is C48H37NO. The third kappa shape index (κ3) is 4.08. The Labute approximate surface area is 294 Å².